The zero-order valence-corrected chi connectivity index (χ0v) is 34.8. The fourth-order valence-electron chi connectivity index (χ4n) is 5.33. The number of likely N-dealkylation sites (N-methyl/N-ethyl adjacent to an activating group) is 2. The summed E-state index contributed by atoms with van der Waals surface area (Å²) < 4.78 is 52.0. The molecule has 0 saturated carbocycles. The molecular weight excluding hydrogens is 819 g/mol. The molecule has 3 amide bonds. The predicted octanol–water partition coefficient (Wildman–Crippen LogP) is 1.24. The molecule has 320 valence electrons. The summed E-state index contributed by atoms with van der Waals surface area (Å²) in [6.45, 7) is 2.58. The quantitative estimate of drug-likeness (QED) is 0.0549. The van der Waals surface area contributed by atoms with Crippen molar-refractivity contribution in [2.45, 2.75) is 48.6 Å². The molecule has 0 aliphatic heterocycles. The molecule has 2 unspecified atom stereocenters. The highest BCUT2D eigenvalue weighted by atomic mass is 32.2. The second-order valence-corrected chi connectivity index (χ2v) is 17.7. The Morgan fingerprint density at radius 1 is 0.583 bits per heavy atom. The molecule has 0 spiro atoms. The van der Waals surface area contributed by atoms with Crippen LogP contribution in [0.3, 0.4) is 0 Å². The first kappa shape index (κ1) is 47.9. The summed E-state index contributed by atoms with van der Waals surface area (Å²) in [4.78, 5) is 58.9. The van der Waals surface area contributed by atoms with E-state index in [1.165, 1.54) is 62.6 Å². The van der Waals surface area contributed by atoms with Crippen LogP contribution in [0.4, 0.5) is 0 Å². The molecule has 20 heteroatoms. The Morgan fingerprint density at radius 2 is 0.900 bits per heavy atom. The summed E-state index contributed by atoms with van der Waals surface area (Å²) in [5, 5.41) is 30.9. The summed E-state index contributed by atoms with van der Waals surface area (Å²) in [6, 6.07) is 22.3. The number of benzene rings is 4. The minimum Gasteiger partial charge on any atom is -0.480 e. The third kappa shape index (κ3) is 13.8. The van der Waals surface area contributed by atoms with E-state index in [1.54, 1.807) is 48.5 Å². The summed E-state index contributed by atoms with van der Waals surface area (Å²) in [6.07, 6.45) is -0.0533. The Labute approximate surface area is 347 Å². The molecule has 0 fully saturated rings. The molecule has 0 aliphatic carbocycles. The molecule has 60 heavy (non-hydrogen) atoms. The van der Waals surface area contributed by atoms with Gasteiger partial charge in [-0.3, -0.25) is 19.8 Å². The standard InChI is InChI=1S/C20H24N4O5S.C20H23N3O6S/c1-13-3-9-16(10-4-13)30(28,29)24(2)12-18(25)23-17(20(26)27)11-14-5-7-15(8-6-14)19(21)22;1-13-3-9-16(10-4-13)30(28,29)23(2)12-18(24)22-17(20(26)27)11-14-5-7-15(8-6-14)19(21)25/h3-10,17H,11-12H2,1-2H3,(H3,21,22)(H,23,25)(H,26,27);3-10,17H,11-12H2,1-2H3,(H2,21,25)(H,22,24)(H,26,27). The monoisotopic (exact) mass is 865 g/mol. The number of carbonyl (C=O) groups is 5. The molecule has 9 N–H and O–H groups in total. The van der Waals surface area contributed by atoms with E-state index in [-0.39, 0.29) is 34.0 Å². The zero-order chi connectivity index (χ0) is 44.9. The second-order valence-electron chi connectivity index (χ2n) is 13.6. The number of carbonyl (C=O) groups excluding carboxylic acids is 3. The SMILES string of the molecule is Cc1ccc(S(=O)(=O)N(C)CC(=O)NC(Cc2ccc(C(=N)N)cc2)C(=O)O)cc1.Cc1ccc(S(=O)(=O)N(C)CC(=O)NC(Cc2ccc(C(N)=O)cc2)C(=O)O)cc1. The number of hydrogen-bond donors (Lipinski definition) is 7. The summed E-state index contributed by atoms with van der Waals surface area (Å²) >= 11 is 0. The van der Waals surface area contributed by atoms with Crippen molar-refractivity contribution in [2.24, 2.45) is 11.5 Å². The maximum Gasteiger partial charge on any atom is 0.326 e. The Bertz CT molecular complexity index is 2240. The Kier molecular flexibility index (Phi) is 16.7. The van der Waals surface area contributed by atoms with Gasteiger partial charge in [0, 0.05) is 38.1 Å². The summed E-state index contributed by atoms with van der Waals surface area (Å²) in [5.41, 5.74) is 14.3. The first-order valence-corrected chi connectivity index (χ1v) is 20.8. The number of amidine groups is 1. The smallest absolute Gasteiger partial charge is 0.326 e. The number of carboxylic acid groups (broad SMARTS) is 2. The largest absolute Gasteiger partial charge is 0.480 e. The van der Waals surface area contributed by atoms with E-state index in [9.17, 15) is 51.0 Å². The van der Waals surface area contributed by atoms with Gasteiger partial charge in [0.2, 0.25) is 37.8 Å². The van der Waals surface area contributed by atoms with Gasteiger partial charge >= 0.3 is 11.9 Å². The highest BCUT2D eigenvalue weighted by Gasteiger charge is 2.28. The lowest BCUT2D eigenvalue weighted by Gasteiger charge is -2.19. The van der Waals surface area contributed by atoms with E-state index < -0.39 is 74.9 Å². The van der Waals surface area contributed by atoms with Gasteiger partial charge in [0.1, 0.15) is 17.9 Å². The van der Waals surface area contributed by atoms with E-state index in [4.69, 9.17) is 16.9 Å². The Morgan fingerprint density at radius 3 is 1.18 bits per heavy atom. The van der Waals surface area contributed by atoms with Crippen LogP contribution >= 0.6 is 0 Å². The predicted molar refractivity (Wildman–Crippen MR) is 221 cm³/mol. The number of hydrogen-bond acceptors (Lipinski definition) is 10. The molecule has 0 radical (unpaired) electrons. The van der Waals surface area contributed by atoms with Gasteiger partial charge in [-0.1, -0.05) is 71.8 Å². The molecular formula is C40H47N7O11S2. The fourth-order valence-corrected chi connectivity index (χ4v) is 7.59. The van der Waals surface area contributed by atoms with Crippen LogP contribution in [0.25, 0.3) is 0 Å². The maximum absolute atomic E-state index is 12.6. The van der Waals surface area contributed by atoms with E-state index in [0.717, 1.165) is 19.7 Å². The van der Waals surface area contributed by atoms with Gasteiger partial charge < -0.3 is 32.3 Å². The lowest BCUT2D eigenvalue weighted by molar-refractivity contribution is -0.142. The minimum atomic E-state index is -3.90. The van der Waals surface area contributed by atoms with Gasteiger partial charge in [-0.15, -0.1) is 0 Å². The van der Waals surface area contributed by atoms with Crippen LogP contribution in [0, 0.1) is 19.3 Å². The highest BCUT2D eigenvalue weighted by Crippen LogP contribution is 2.17. The molecule has 0 aromatic heterocycles. The molecule has 4 aromatic rings. The van der Waals surface area contributed by atoms with Crippen LogP contribution in [-0.4, -0.2) is 110 Å². The minimum absolute atomic E-state index is 0.00627. The van der Waals surface area contributed by atoms with Crippen molar-refractivity contribution in [3.8, 4) is 0 Å². The molecule has 0 saturated heterocycles. The van der Waals surface area contributed by atoms with Gasteiger partial charge in [0.05, 0.1) is 22.9 Å². The normalized spacial score (nSPS) is 12.4. The van der Waals surface area contributed by atoms with Crippen LogP contribution < -0.4 is 22.1 Å². The zero-order valence-electron chi connectivity index (χ0n) is 33.2. The molecule has 2 atom stereocenters. The van der Waals surface area contributed by atoms with Crippen LogP contribution in [0.1, 0.15) is 38.2 Å². The van der Waals surface area contributed by atoms with Crippen molar-refractivity contribution >= 4 is 55.5 Å². The number of amides is 3. The highest BCUT2D eigenvalue weighted by molar-refractivity contribution is 7.89. The van der Waals surface area contributed by atoms with E-state index in [2.05, 4.69) is 10.6 Å². The molecule has 0 heterocycles. The van der Waals surface area contributed by atoms with Crippen LogP contribution in [-0.2, 0) is 52.1 Å². The van der Waals surface area contributed by atoms with Gasteiger partial charge in [0.15, 0.2) is 0 Å². The average Bonchev–Trinajstić information content (AvgIpc) is 3.18. The number of nitrogens with zero attached hydrogens (tertiary/aromatic N) is 2. The third-order valence-electron chi connectivity index (χ3n) is 8.84. The molecule has 4 aromatic carbocycles. The number of aryl methyl sites for hydroxylation is 2. The number of nitrogen functional groups attached to an aromatic ring is 1. The van der Waals surface area contributed by atoms with E-state index >= 15 is 0 Å². The maximum atomic E-state index is 12.6. The summed E-state index contributed by atoms with van der Waals surface area (Å²) in [7, 11) is -5.28. The Balaban J connectivity index is 0.000000320. The van der Waals surface area contributed by atoms with Crippen molar-refractivity contribution in [1.29, 1.82) is 5.41 Å². The number of aliphatic carboxylic acids is 2. The first-order valence-electron chi connectivity index (χ1n) is 17.9. The lowest BCUT2D eigenvalue weighted by Crippen LogP contribution is -2.46. The second kappa shape index (κ2) is 21.0. The number of rotatable bonds is 18. The molecule has 18 nitrogen and oxygen atoms in total. The first-order chi connectivity index (χ1) is 28.0. The van der Waals surface area contributed by atoms with E-state index in [0.29, 0.717) is 16.7 Å². The fraction of sp³-hybridized carbons (Fsp3) is 0.250. The number of primary amides is 1. The Hall–Kier alpha value is -6.48. The average molecular weight is 866 g/mol. The topological polar surface area (TPSA) is 301 Å². The molecule has 4 rings (SSSR count). The number of carboxylic acids is 2. The van der Waals surface area contributed by atoms with Crippen molar-refractivity contribution in [3.05, 3.63) is 130 Å². The van der Waals surface area contributed by atoms with Crippen molar-refractivity contribution in [3.63, 3.8) is 0 Å². The van der Waals surface area contributed by atoms with Crippen molar-refractivity contribution in [2.75, 3.05) is 27.2 Å². The van der Waals surface area contributed by atoms with Gasteiger partial charge in [-0.05, 0) is 61.4 Å². The third-order valence-corrected chi connectivity index (χ3v) is 12.5. The number of nitrogens with one attached hydrogen (secondary N) is 3. The molecule has 0 aliphatic rings. The number of nitrogens with two attached hydrogens (primary N) is 2. The lowest BCUT2D eigenvalue weighted by atomic mass is 10.0. The van der Waals surface area contributed by atoms with Crippen LogP contribution in [0.5, 0.6) is 0 Å². The van der Waals surface area contributed by atoms with Gasteiger partial charge in [-0.25, -0.2) is 26.4 Å². The van der Waals surface area contributed by atoms with Crippen LogP contribution in [0.2, 0.25) is 0 Å². The summed E-state index contributed by atoms with van der Waals surface area (Å²) in [5.74, 6) is -4.73. The van der Waals surface area contributed by atoms with Gasteiger partial charge in [0.25, 0.3) is 0 Å². The van der Waals surface area contributed by atoms with Crippen molar-refractivity contribution in [1.82, 2.24) is 19.2 Å². The molecule has 0 bridgehead atoms. The van der Waals surface area contributed by atoms with E-state index in [1.807, 2.05) is 13.8 Å². The van der Waals surface area contributed by atoms with Crippen LogP contribution in [0.15, 0.2) is 107 Å². The van der Waals surface area contributed by atoms with Gasteiger partial charge in [-0.2, -0.15) is 8.61 Å². The van der Waals surface area contributed by atoms with Crippen molar-refractivity contribution < 1.29 is 51.0 Å². The number of sulfonamides is 2.